The summed E-state index contributed by atoms with van der Waals surface area (Å²) in [6, 6.07) is 54.3. The molecule has 0 fully saturated rings. The van der Waals surface area contributed by atoms with Gasteiger partial charge in [-0.2, -0.15) is 0 Å². The maximum Gasteiger partial charge on any atom is 0.160 e. The summed E-state index contributed by atoms with van der Waals surface area (Å²) in [5, 5.41) is 0. The third-order valence-corrected chi connectivity index (χ3v) is 9.88. The molecule has 0 aliphatic heterocycles. The molecule has 0 bridgehead atoms. The first-order chi connectivity index (χ1) is 24.9. The maximum absolute atomic E-state index is 5.14. The number of hydrogen-bond acceptors (Lipinski definition) is 2. The second-order valence-electron chi connectivity index (χ2n) is 15.7. The van der Waals surface area contributed by atoms with E-state index >= 15 is 0 Å². The molecular formula is C50H46N2. The first-order valence-corrected chi connectivity index (χ1v) is 18.1. The predicted molar refractivity (Wildman–Crippen MR) is 222 cm³/mol. The lowest BCUT2D eigenvalue weighted by atomic mass is 9.86. The summed E-state index contributed by atoms with van der Waals surface area (Å²) >= 11 is 0. The molecule has 0 saturated heterocycles. The zero-order chi connectivity index (χ0) is 36.5. The predicted octanol–water partition coefficient (Wildman–Crippen LogP) is 13.7. The molecule has 0 amide bonds. The van der Waals surface area contributed by atoms with Crippen molar-refractivity contribution >= 4 is 6.08 Å². The fourth-order valence-electron chi connectivity index (χ4n) is 6.49. The summed E-state index contributed by atoms with van der Waals surface area (Å²) in [6.45, 7) is 17.4. The molecule has 1 aromatic heterocycles. The van der Waals surface area contributed by atoms with Gasteiger partial charge in [0.2, 0.25) is 0 Å². The lowest BCUT2D eigenvalue weighted by molar-refractivity contribution is 0.590. The zero-order valence-electron chi connectivity index (χ0n) is 31.1. The van der Waals surface area contributed by atoms with Crippen LogP contribution in [0.4, 0.5) is 0 Å². The van der Waals surface area contributed by atoms with Crippen LogP contribution in [0.3, 0.4) is 0 Å². The van der Waals surface area contributed by atoms with E-state index in [1.165, 1.54) is 33.4 Å². The summed E-state index contributed by atoms with van der Waals surface area (Å²) in [4.78, 5) is 10.3. The van der Waals surface area contributed by atoms with Crippen LogP contribution in [0.2, 0.25) is 0 Å². The highest BCUT2D eigenvalue weighted by Crippen LogP contribution is 2.33. The SMILES string of the molecule is C=Cc1ccc(-c2ccc(-c3nc(-c4ccc(-c5ccc(C(C)(C)C)cc5)cc4)cc(-c4ccc(-c5ccc(C(C)(C)C)cc5)cc4)n3)cc2)cc1. The minimum atomic E-state index is 0.125. The molecule has 0 atom stereocenters. The van der Waals surface area contributed by atoms with Crippen molar-refractivity contribution in [1.29, 1.82) is 0 Å². The van der Waals surface area contributed by atoms with Crippen LogP contribution in [0.1, 0.15) is 58.2 Å². The summed E-state index contributed by atoms with van der Waals surface area (Å²) in [5.74, 6) is 0.699. The van der Waals surface area contributed by atoms with Crippen molar-refractivity contribution in [1.82, 2.24) is 9.97 Å². The number of benzene rings is 6. The Bertz CT molecular complexity index is 2180. The monoisotopic (exact) mass is 674 g/mol. The fourth-order valence-corrected chi connectivity index (χ4v) is 6.49. The number of rotatable bonds is 7. The standard InChI is InChI=1S/C50H46N2/c1-8-34-9-11-35(12-10-34)38-17-23-43(24-18-38)48-51-46(41-19-13-36(14-20-41)39-25-29-44(30-26-39)49(2,3)4)33-47(52-48)42-21-15-37(16-22-42)40-27-31-45(32-28-40)50(5,6)7/h8-33H,1H2,2-7H3. The molecule has 0 spiro atoms. The van der Waals surface area contributed by atoms with Crippen LogP contribution < -0.4 is 0 Å². The van der Waals surface area contributed by atoms with E-state index < -0.39 is 0 Å². The molecule has 2 nitrogen and oxygen atoms in total. The highest BCUT2D eigenvalue weighted by atomic mass is 14.9. The molecule has 52 heavy (non-hydrogen) atoms. The lowest BCUT2D eigenvalue weighted by Gasteiger charge is -2.19. The van der Waals surface area contributed by atoms with Crippen LogP contribution in [0.15, 0.2) is 158 Å². The topological polar surface area (TPSA) is 25.8 Å². The smallest absolute Gasteiger partial charge is 0.160 e. The largest absolute Gasteiger partial charge is 0.228 e. The Balaban J connectivity index is 1.24. The van der Waals surface area contributed by atoms with Gasteiger partial charge >= 0.3 is 0 Å². The van der Waals surface area contributed by atoms with Crippen molar-refractivity contribution in [3.63, 3.8) is 0 Å². The quantitative estimate of drug-likeness (QED) is 0.168. The van der Waals surface area contributed by atoms with E-state index in [1.54, 1.807) is 0 Å². The van der Waals surface area contributed by atoms with E-state index in [0.717, 1.165) is 44.8 Å². The fraction of sp³-hybridized carbons (Fsp3) is 0.160. The van der Waals surface area contributed by atoms with Gasteiger partial charge in [0, 0.05) is 16.7 Å². The van der Waals surface area contributed by atoms with Gasteiger partial charge in [0.05, 0.1) is 11.4 Å². The second kappa shape index (κ2) is 14.0. The maximum atomic E-state index is 5.14. The van der Waals surface area contributed by atoms with Gasteiger partial charge in [-0.05, 0) is 67.0 Å². The van der Waals surface area contributed by atoms with Crippen LogP contribution in [0.25, 0.3) is 73.4 Å². The molecule has 0 N–H and O–H groups in total. The average molecular weight is 675 g/mol. The first kappa shape index (κ1) is 34.6. The van der Waals surface area contributed by atoms with E-state index in [9.17, 15) is 0 Å². The first-order valence-electron chi connectivity index (χ1n) is 18.1. The molecule has 7 aromatic rings. The van der Waals surface area contributed by atoms with Crippen LogP contribution >= 0.6 is 0 Å². The van der Waals surface area contributed by atoms with Gasteiger partial charge in [0.1, 0.15) is 0 Å². The van der Waals surface area contributed by atoms with Gasteiger partial charge < -0.3 is 0 Å². The van der Waals surface area contributed by atoms with Crippen LogP contribution in [0.5, 0.6) is 0 Å². The Morgan fingerprint density at radius 3 is 0.942 bits per heavy atom. The molecule has 0 radical (unpaired) electrons. The summed E-state index contributed by atoms with van der Waals surface area (Å²) in [5.41, 5.74) is 16.0. The summed E-state index contributed by atoms with van der Waals surface area (Å²) in [6.07, 6.45) is 1.87. The van der Waals surface area contributed by atoms with Gasteiger partial charge in [-0.1, -0.05) is 200 Å². The van der Waals surface area contributed by atoms with Gasteiger partial charge in [-0.25, -0.2) is 9.97 Å². The van der Waals surface area contributed by atoms with Gasteiger partial charge in [0.15, 0.2) is 5.82 Å². The molecule has 6 aromatic carbocycles. The molecule has 256 valence electrons. The molecule has 7 rings (SSSR count). The Labute approximate surface area is 309 Å². The van der Waals surface area contributed by atoms with Crippen molar-refractivity contribution in [2.75, 3.05) is 0 Å². The van der Waals surface area contributed by atoms with Crippen LogP contribution in [-0.4, -0.2) is 9.97 Å². The van der Waals surface area contributed by atoms with Crippen molar-refractivity contribution in [3.8, 4) is 67.3 Å². The zero-order valence-corrected chi connectivity index (χ0v) is 31.1. The van der Waals surface area contributed by atoms with Crippen LogP contribution in [0, 0.1) is 0 Å². The average Bonchev–Trinajstić information content (AvgIpc) is 3.17. The van der Waals surface area contributed by atoms with Gasteiger partial charge in [0.25, 0.3) is 0 Å². The summed E-state index contributed by atoms with van der Waals surface area (Å²) in [7, 11) is 0. The third-order valence-electron chi connectivity index (χ3n) is 9.88. The highest BCUT2D eigenvalue weighted by Gasteiger charge is 2.16. The molecule has 0 aliphatic carbocycles. The minimum absolute atomic E-state index is 0.125. The summed E-state index contributed by atoms with van der Waals surface area (Å²) < 4.78 is 0. The molecule has 0 saturated carbocycles. The normalized spacial score (nSPS) is 11.7. The van der Waals surface area contributed by atoms with E-state index in [1.807, 2.05) is 6.08 Å². The van der Waals surface area contributed by atoms with Crippen molar-refractivity contribution in [3.05, 3.63) is 175 Å². The van der Waals surface area contributed by atoms with Gasteiger partial charge in [-0.3, -0.25) is 0 Å². The molecule has 0 unspecified atom stereocenters. The Morgan fingerprint density at radius 1 is 0.365 bits per heavy atom. The Hall–Kier alpha value is -5.86. The van der Waals surface area contributed by atoms with Crippen molar-refractivity contribution < 1.29 is 0 Å². The van der Waals surface area contributed by atoms with E-state index in [2.05, 4.69) is 200 Å². The second-order valence-corrected chi connectivity index (χ2v) is 15.7. The minimum Gasteiger partial charge on any atom is -0.228 e. The molecular weight excluding hydrogens is 629 g/mol. The highest BCUT2D eigenvalue weighted by molar-refractivity contribution is 5.77. The van der Waals surface area contributed by atoms with E-state index in [4.69, 9.17) is 9.97 Å². The molecule has 0 aliphatic rings. The number of aromatic nitrogens is 2. The van der Waals surface area contributed by atoms with Crippen molar-refractivity contribution in [2.24, 2.45) is 0 Å². The number of hydrogen-bond donors (Lipinski definition) is 0. The number of nitrogens with zero attached hydrogens (tertiary/aromatic N) is 2. The van der Waals surface area contributed by atoms with Crippen molar-refractivity contribution in [2.45, 2.75) is 52.4 Å². The van der Waals surface area contributed by atoms with Crippen LogP contribution in [-0.2, 0) is 10.8 Å². The third kappa shape index (κ3) is 7.57. The Kier molecular flexibility index (Phi) is 9.34. The van der Waals surface area contributed by atoms with E-state index in [-0.39, 0.29) is 10.8 Å². The molecule has 2 heteroatoms. The van der Waals surface area contributed by atoms with Gasteiger partial charge in [-0.15, -0.1) is 0 Å². The Morgan fingerprint density at radius 2 is 0.635 bits per heavy atom. The molecule has 1 heterocycles. The van der Waals surface area contributed by atoms with E-state index in [0.29, 0.717) is 5.82 Å². The lowest BCUT2D eigenvalue weighted by Crippen LogP contribution is -2.10.